The summed E-state index contributed by atoms with van der Waals surface area (Å²) in [5, 5.41) is 0.910. The van der Waals surface area contributed by atoms with Crippen LogP contribution in [-0.2, 0) is 22.5 Å². The van der Waals surface area contributed by atoms with Gasteiger partial charge >= 0.3 is 11.6 Å². The molecule has 0 saturated heterocycles. The van der Waals surface area contributed by atoms with E-state index < -0.39 is 0 Å². The second kappa shape index (κ2) is 9.27. The van der Waals surface area contributed by atoms with Gasteiger partial charge in [-0.05, 0) is 72.4 Å². The lowest BCUT2D eigenvalue weighted by Gasteiger charge is -2.37. The molecule has 1 unspecified atom stereocenters. The Balaban J connectivity index is 1.78. The van der Waals surface area contributed by atoms with Gasteiger partial charge in [-0.2, -0.15) is 0 Å². The van der Waals surface area contributed by atoms with Gasteiger partial charge in [0.25, 0.3) is 0 Å². The number of benzene rings is 2. The highest BCUT2D eigenvalue weighted by atomic mass is 16.5. The summed E-state index contributed by atoms with van der Waals surface area (Å²) in [4.78, 5) is 26.9. The maximum absolute atomic E-state index is 12.3. The first-order valence-electron chi connectivity index (χ1n) is 10.9. The fourth-order valence-corrected chi connectivity index (χ4v) is 4.58. The molecule has 0 N–H and O–H groups in total. The van der Waals surface area contributed by atoms with Crippen LogP contribution in [0.5, 0.6) is 11.5 Å². The number of esters is 1. The zero-order valence-corrected chi connectivity index (χ0v) is 19.7. The van der Waals surface area contributed by atoms with Crippen molar-refractivity contribution in [3.63, 3.8) is 0 Å². The first kappa shape index (κ1) is 22.9. The largest absolute Gasteiger partial charge is 0.493 e. The minimum absolute atomic E-state index is 0.191. The molecule has 0 saturated carbocycles. The average Bonchev–Trinajstić information content (AvgIpc) is 2.80. The van der Waals surface area contributed by atoms with E-state index in [1.54, 1.807) is 20.3 Å². The number of fused-ring (bicyclic) bond motifs is 2. The standard InChI is InChI=1S/C26H29NO6/c1-15-8-20-18(11-26(29)33-22(20)9-16(15)2)14-27-7-6-17-10-23(30-3)24(31-4)12-19(17)21(27)13-25(28)32-5/h8-12,21H,6-7,13-14H2,1-5H3. The lowest BCUT2D eigenvalue weighted by molar-refractivity contribution is -0.142. The van der Waals surface area contributed by atoms with Crippen molar-refractivity contribution in [2.75, 3.05) is 27.9 Å². The van der Waals surface area contributed by atoms with E-state index in [0.717, 1.165) is 46.2 Å². The third-order valence-electron chi connectivity index (χ3n) is 6.52. The normalized spacial score (nSPS) is 15.8. The van der Waals surface area contributed by atoms with E-state index in [-0.39, 0.29) is 24.1 Å². The predicted octanol–water partition coefficient (Wildman–Crippen LogP) is 4.09. The summed E-state index contributed by atoms with van der Waals surface area (Å²) in [6.45, 7) is 5.26. The second-order valence-corrected chi connectivity index (χ2v) is 8.45. The fraction of sp³-hybridized carbons (Fsp3) is 0.385. The van der Waals surface area contributed by atoms with Gasteiger partial charge in [-0.3, -0.25) is 9.69 Å². The van der Waals surface area contributed by atoms with E-state index in [2.05, 4.69) is 11.0 Å². The maximum atomic E-state index is 12.3. The molecule has 1 aromatic heterocycles. The van der Waals surface area contributed by atoms with Crippen molar-refractivity contribution in [2.24, 2.45) is 0 Å². The number of ether oxygens (including phenoxy) is 3. The molecule has 2 heterocycles. The second-order valence-electron chi connectivity index (χ2n) is 8.45. The zero-order chi connectivity index (χ0) is 23.7. The minimum atomic E-state index is -0.380. The Kier molecular flexibility index (Phi) is 6.42. The topological polar surface area (TPSA) is 78.2 Å². The zero-order valence-electron chi connectivity index (χ0n) is 19.7. The Bertz CT molecular complexity index is 1260. The SMILES string of the molecule is COC(=O)CC1c2cc(OC)c(OC)cc2CCN1Cc1cc(=O)oc2cc(C)c(C)cc12. The first-order valence-corrected chi connectivity index (χ1v) is 10.9. The lowest BCUT2D eigenvalue weighted by atomic mass is 9.89. The summed E-state index contributed by atoms with van der Waals surface area (Å²) in [6.07, 6.45) is 0.974. The number of aryl methyl sites for hydroxylation is 2. The van der Waals surface area contributed by atoms with E-state index in [0.29, 0.717) is 23.6 Å². The van der Waals surface area contributed by atoms with Crippen LogP contribution >= 0.6 is 0 Å². The third kappa shape index (κ3) is 4.46. The van der Waals surface area contributed by atoms with Crippen LogP contribution in [-0.4, -0.2) is 38.7 Å². The van der Waals surface area contributed by atoms with E-state index in [4.69, 9.17) is 18.6 Å². The van der Waals surface area contributed by atoms with Crippen LogP contribution in [0.4, 0.5) is 0 Å². The molecular weight excluding hydrogens is 422 g/mol. The molecule has 1 aliphatic rings. The van der Waals surface area contributed by atoms with Crippen molar-refractivity contribution >= 4 is 16.9 Å². The Labute approximate surface area is 192 Å². The number of rotatable bonds is 6. The molecule has 1 atom stereocenters. The molecule has 0 spiro atoms. The summed E-state index contributed by atoms with van der Waals surface area (Å²) in [5.74, 6) is 0.987. The number of hydrogen-bond donors (Lipinski definition) is 0. The molecular formula is C26H29NO6. The van der Waals surface area contributed by atoms with Gasteiger partial charge in [0.15, 0.2) is 11.5 Å². The van der Waals surface area contributed by atoms with Crippen molar-refractivity contribution in [3.05, 3.63) is 68.6 Å². The van der Waals surface area contributed by atoms with Gasteiger partial charge < -0.3 is 18.6 Å². The molecule has 0 bridgehead atoms. The monoisotopic (exact) mass is 451 g/mol. The number of nitrogens with zero attached hydrogens (tertiary/aromatic N) is 1. The molecule has 0 aliphatic carbocycles. The first-order chi connectivity index (χ1) is 15.8. The van der Waals surface area contributed by atoms with E-state index in [1.807, 2.05) is 32.0 Å². The average molecular weight is 452 g/mol. The van der Waals surface area contributed by atoms with Gasteiger partial charge in [0.2, 0.25) is 0 Å². The van der Waals surface area contributed by atoms with Crippen LogP contribution in [0, 0.1) is 13.8 Å². The Morgan fingerprint density at radius 2 is 1.73 bits per heavy atom. The quantitative estimate of drug-likeness (QED) is 0.413. The molecule has 2 aromatic carbocycles. The van der Waals surface area contributed by atoms with Gasteiger partial charge in [-0.25, -0.2) is 4.79 Å². The number of carbonyl (C=O) groups excluding carboxylic acids is 1. The number of hydrogen-bond acceptors (Lipinski definition) is 7. The fourth-order valence-electron chi connectivity index (χ4n) is 4.58. The number of carbonyl (C=O) groups is 1. The van der Waals surface area contributed by atoms with Crippen molar-refractivity contribution in [2.45, 2.75) is 39.3 Å². The molecule has 4 rings (SSSR count). The molecule has 0 radical (unpaired) electrons. The van der Waals surface area contributed by atoms with Gasteiger partial charge in [0.1, 0.15) is 5.58 Å². The molecule has 0 amide bonds. The summed E-state index contributed by atoms with van der Waals surface area (Å²) in [5.41, 5.74) is 5.39. The van der Waals surface area contributed by atoms with Crippen molar-refractivity contribution in [1.82, 2.24) is 4.90 Å². The van der Waals surface area contributed by atoms with Gasteiger partial charge in [-0.1, -0.05) is 0 Å². The van der Waals surface area contributed by atoms with Crippen LogP contribution in [0.15, 0.2) is 39.5 Å². The van der Waals surface area contributed by atoms with Crippen LogP contribution in [0.1, 0.15) is 40.3 Å². The highest BCUT2D eigenvalue weighted by Gasteiger charge is 2.31. The highest BCUT2D eigenvalue weighted by molar-refractivity contribution is 5.82. The van der Waals surface area contributed by atoms with Gasteiger partial charge in [0, 0.05) is 30.6 Å². The summed E-state index contributed by atoms with van der Waals surface area (Å²) in [6, 6.07) is 9.22. The van der Waals surface area contributed by atoms with Crippen molar-refractivity contribution in [1.29, 1.82) is 0 Å². The van der Waals surface area contributed by atoms with Crippen molar-refractivity contribution in [3.8, 4) is 11.5 Å². The predicted molar refractivity (Wildman–Crippen MR) is 125 cm³/mol. The van der Waals surface area contributed by atoms with Crippen LogP contribution in [0.25, 0.3) is 11.0 Å². The molecule has 7 nitrogen and oxygen atoms in total. The molecule has 33 heavy (non-hydrogen) atoms. The molecule has 3 aromatic rings. The van der Waals surface area contributed by atoms with Crippen LogP contribution in [0.2, 0.25) is 0 Å². The molecule has 0 fully saturated rings. The van der Waals surface area contributed by atoms with Crippen LogP contribution in [0.3, 0.4) is 0 Å². The summed E-state index contributed by atoms with van der Waals surface area (Å²) in [7, 11) is 4.60. The molecule has 7 heteroatoms. The van der Waals surface area contributed by atoms with Gasteiger partial charge in [0.05, 0.1) is 27.8 Å². The number of methoxy groups -OCH3 is 3. The summed E-state index contributed by atoms with van der Waals surface area (Å²) >= 11 is 0. The van der Waals surface area contributed by atoms with E-state index in [9.17, 15) is 9.59 Å². The van der Waals surface area contributed by atoms with Crippen molar-refractivity contribution < 1.29 is 23.4 Å². The van der Waals surface area contributed by atoms with Gasteiger partial charge in [-0.15, -0.1) is 0 Å². The van der Waals surface area contributed by atoms with E-state index >= 15 is 0 Å². The lowest BCUT2D eigenvalue weighted by Crippen LogP contribution is -2.36. The van der Waals surface area contributed by atoms with E-state index in [1.165, 1.54) is 7.11 Å². The highest BCUT2D eigenvalue weighted by Crippen LogP contribution is 2.40. The smallest absolute Gasteiger partial charge is 0.336 e. The Morgan fingerprint density at radius 1 is 1.03 bits per heavy atom. The minimum Gasteiger partial charge on any atom is -0.493 e. The Hall–Kier alpha value is -3.32. The molecule has 174 valence electrons. The maximum Gasteiger partial charge on any atom is 0.336 e. The third-order valence-corrected chi connectivity index (χ3v) is 6.52. The van der Waals surface area contributed by atoms with Crippen LogP contribution < -0.4 is 15.1 Å². The summed E-state index contributed by atoms with van der Waals surface area (Å²) < 4.78 is 21.5. The molecule has 1 aliphatic heterocycles. The Morgan fingerprint density at radius 3 is 2.42 bits per heavy atom.